The van der Waals surface area contributed by atoms with Gasteiger partial charge in [-0.1, -0.05) is 19.3 Å². The van der Waals surface area contributed by atoms with Crippen molar-refractivity contribution in [3.63, 3.8) is 0 Å². The minimum Gasteiger partial charge on any atom is -0.303 e. The lowest BCUT2D eigenvalue weighted by Crippen LogP contribution is -2.34. The van der Waals surface area contributed by atoms with Crippen LogP contribution in [0, 0.1) is 5.82 Å². The highest BCUT2D eigenvalue weighted by atomic mass is 19.1. The van der Waals surface area contributed by atoms with E-state index >= 15 is 0 Å². The van der Waals surface area contributed by atoms with Crippen molar-refractivity contribution in [3.8, 4) is 0 Å². The highest BCUT2D eigenvalue weighted by Crippen LogP contribution is 2.21. The fourth-order valence-electron chi connectivity index (χ4n) is 2.65. The minimum atomic E-state index is -0.407. The summed E-state index contributed by atoms with van der Waals surface area (Å²) >= 11 is 0. The molecule has 1 aliphatic rings. The molecule has 2 rings (SSSR count). The van der Waals surface area contributed by atoms with Crippen molar-refractivity contribution in [3.05, 3.63) is 29.8 Å². The number of pyridine rings is 1. The van der Waals surface area contributed by atoms with Gasteiger partial charge in [0.15, 0.2) is 5.78 Å². The fraction of sp³-hybridized carbons (Fsp3) is 0.600. The molecule has 0 radical (unpaired) electrons. The molecular weight excluding hydrogens is 243 g/mol. The van der Waals surface area contributed by atoms with Crippen LogP contribution in [0.1, 0.15) is 49.0 Å². The normalized spacial score (nSPS) is 16.8. The molecule has 0 N–H and O–H groups in total. The molecule has 1 aromatic heterocycles. The highest BCUT2D eigenvalue weighted by Gasteiger charge is 2.18. The van der Waals surface area contributed by atoms with E-state index in [9.17, 15) is 9.18 Å². The molecule has 1 aliphatic carbocycles. The van der Waals surface area contributed by atoms with Crippen molar-refractivity contribution in [2.24, 2.45) is 0 Å². The lowest BCUT2D eigenvalue weighted by atomic mass is 9.94. The second kappa shape index (κ2) is 6.75. The third-order valence-corrected chi connectivity index (χ3v) is 3.90. The first kappa shape index (κ1) is 14.1. The maximum absolute atomic E-state index is 12.7. The molecule has 104 valence electrons. The van der Waals surface area contributed by atoms with Crippen molar-refractivity contribution in [1.29, 1.82) is 0 Å². The van der Waals surface area contributed by atoms with E-state index < -0.39 is 5.82 Å². The van der Waals surface area contributed by atoms with Gasteiger partial charge in [-0.15, -0.1) is 0 Å². The van der Waals surface area contributed by atoms with Gasteiger partial charge in [-0.2, -0.15) is 0 Å². The van der Waals surface area contributed by atoms with E-state index in [1.165, 1.54) is 44.2 Å². The first-order chi connectivity index (χ1) is 9.16. The van der Waals surface area contributed by atoms with E-state index in [1.807, 2.05) is 0 Å². The van der Waals surface area contributed by atoms with Crippen molar-refractivity contribution >= 4 is 5.78 Å². The molecule has 1 saturated carbocycles. The number of rotatable bonds is 5. The summed E-state index contributed by atoms with van der Waals surface area (Å²) in [7, 11) is 2.08. The summed E-state index contributed by atoms with van der Waals surface area (Å²) in [4.78, 5) is 18.0. The second-order valence-corrected chi connectivity index (χ2v) is 5.31. The number of nitrogens with zero attached hydrogens (tertiary/aromatic N) is 2. The van der Waals surface area contributed by atoms with Crippen LogP contribution in [0.15, 0.2) is 18.3 Å². The van der Waals surface area contributed by atoms with E-state index in [0.717, 1.165) is 12.7 Å². The van der Waals surface area contributed by atoms with Gasteiger partial charge in [-0.3, -0.25) is 9.78 Å². The van der Waals surface area contributed by atoms with Gasteiger partial charge in [-0.25, -0.2) is 4.39 Å². The number of aromatic nitrogens is 1. The SMILES string of the molecule is CN(CCC(=O)c1ccc(F)cn1)C1CCCCC1. The maximum Gasteiger partial charge on any atom is 0.182 e. The predicted molar refractivity (Wildman–Crippen MR) is 72.6 cm³/mol. The number of carbonyl (C=O) groups is 1. The van der Waals surface area contributed by atoms with Crippen molar-refractivity contribution in [2.45, 2.75) is 44.6 Å². The molecule has 0 spiro atoms. The lowest BCUT2D eigenvalue weighted by molar-refractivity contribution is 0.0947. The molecule has 0 amide bonds. The molecule has 0 saturated heterocycles. The minimum absolute atomic E-state index is 0.0114. The van der Waals surface area contributed by atoms with Gasteiger partial charge in [0.25, 0.3) is 0 Å². The van der Waals surface area contributed by atoms with Gasteiger partial charge >= 0.3 is 0 Å². The van der Waals surface area contributed by atoms with Crippen LogP contribution in [0.25, 0.3) is 0 Å². The average Bonchev–Trinajstić information content (AvgIpc) is 2.46. The Labute approximate surface area is 113 Å². The average molecular weight is 264 g/mol. The molecule has 0 aliphatic heterocycles. The molecule has 0 bridgehead atoms. The van der Waals surface area contributed by atoms with Crippen LogP contribution in [0.3, 0.4) is 0 Å². The monoisotopic (exact) mass is 264 g/mol. The Morgan fingerprint density at radius 2 is 2.11 bits per heavy atom. The van der Waals surface area contributed by atoms with Gasteiger partial charge in [-0.05, 0) is 32.0 Å². The standard InChI is InChI=1S/C15H21FN2O/c1-18(13-5-3-2-4-6-13)10-9-15(19)14-8-7-12(16)11-17-14/h7-8,11,13H,2-6,9-10H2,1H3. The molecule has 0 atom stereocenters. The van der Waals surface area contributed by atoms with Crippen LogP contribution >= 0.6 is 0 Å². The zero-order valence-electron chi connectivity index (χ0n) is 11.4. The van der Waals surface area contributed by atoms with Crippen molar-refractivity contribution < 1.29 is 9.18 Å². The van der Waals surface area contributed by atoms with Crippen LogP contribution in [0.5, 0.6) is 0 Å². The molecule has 4 heteroatoms. The maximum atomic E-state index is 12.7. The summed E-state index contributed by atoms with van der Waals surface area (Å²) in [6.07, 6.45) is 7.94. The Bertz CT molecular complexity index is 413. The van der Waals surface area contributed by atoms with E-state index in [-0.39, 0.29) is 5.78 Å². The first-order valence-electron chi connectivity index (χ1n) is 7.02. The molecule has 3 nitrogen and oxygen atoms in total. The Morgan fingerprint density at radius 1 is 1.37 bits per heavy atom. The topological polar surface area (TPSA) is 33.2 Å². The van der Waals surface area contributed by atoms with Gasteiger partial charge in [0.05, 0.1) is 6.20 Å². The summed E-state index contributed by atoms with van der Waals surface area (Å²) in [5, 5.41) is 0. The van der Waals surface area contributed by atoms with Crippen LogP contribution in [-0.4, -0.2) is 35.3 Å². The second-order valence-electron chi connectivity index (χ2n) is 5.31. The Balaban J connectivity index is 1.81. The van der Waals surface area contributed by atoms with Crippen LogP contribution in [0.4, 0.5) is 4.39 Å². The zero-order valence-corrected chi connectivity index (χ0v) is 11.4. The molecule has 0 unspecified atom stereocenters. The molecular formula is C15H21FN2O. The van der Waals surface area contributed by atoms with E-state index in [2.05, 4.69) is 16.9 Å². The number of hydrogen-bond acceptors (Lipinski definition) is 3. The summed E-state index contributed by atoms with van der Waals surface area (Å²) in [5.41, 5.74) is 0.360. The molecule has 1 aromatic rings. The number of carbonyl (C=O) groups excluding carboxylic acids is 1. The quantitative estimate of drug-likeness (QED) is 0.766. The van der Waals surface area contributed by atoms with Crippen LogP contribution in [0.2, 0.25) is 0 Å². The number of Topliss-reactive ketones (excluding diaryl/α,β-unsaturated/α-hetero) is 1. The largest absolute Gasteiger partial charge is 0.303 e. The third kappa shape index (κ3) is 4.10. The fourth-order valence-corrected chi connectivity index (χ4v) is 2.65. The summed E-state index contributed by atoms with van der Waals surface area (Å²) in [6.45, 7) is 0.753. The van der Waals surface area contributed by atoms with Gasteiger partial charge in [0.2, 0.25) is 0 Å². The van der Waals surface area contributed by atoms with E-state index in [4.69, 9.17) is 0 Å². The molecule has 0 aromatic carbocycles. The number of ketones is 1. The molecule has 1 heterocycles. The number of hydrogen-bond donors (Lipinski definition) is 0. The number of halogens is 1. The summed E-state index contributed by atoms with van der Waals surface area (Å²) in [6, 6.07) is 3.35. The van der Waals surface area contributed by atoms with E-state index in [0.29, 0.717) is 18.2 Å². The molecule has 1 fully saturated rings. The highest BCUT2D eigenvalue weighted by molar-refractivity contribution is 5.94. The first-order valence-corrected chi connectivity index (χ1v) is 7.02. The Morgan fingerprint density at radius 3 is 2.74 bits per heavy atom. The predicted octanol–water partition coefficient (Wildman–Crippen LogP) is 3.06. The van der Waals surface area contributed by atoms with Crippen LogP contribution in [-0.2, 0) is 0 Å². The van der Waals surface area contributed by atoms with Crippen molar-refractivity contribution in [2.75, 3.05) is 13.6 Å². The Kier molecular flexibility index (Phi) is 5.02. The lowest BCUT2D eigenvalue weighted by Gasteiger charge is -2.30. The Hall–Kier alpha value is -1.29. The van der Waals surface area contributed by atoms with Gasteiger partial charge in [0, 0.05) is 19.0 Å². The van der Waals surface area contributed by atoms with Gasteiger partial charge in [0.1, 0.15) is 11.5 Å². The third-order valence-electron chi connectivity index (χ3n) is 3.90. The summed E-state index contributed by atoms with van der Waals surface area (Å²) in [5.74, 6) is -0.418. The zero-order chi connectivity index (χ0) is 13.7. The summed E-state index contributed by atoms with van der Waals surface area (Å²) < 4.78 is 12.7. The van der Waals surface area contributed by atoms with Crippen molar-refractivity contribution in [1.82, 2.24) is 9.88 Å². The smallest absolute Gasteiger partial charge is 0.182 e. The molecule has 19 heavy (non-hydrogen) atoms. The van der Waals surface area contributed by atoms with Gasteiger partial charge < -0.3 is 4.90 Å². The van der Waals surface area contributed by atoms with E-state index in [1.54, 1.807) is 0 Å². The van der Waals surface area contributed by atoms with Crippen LogP contribution < -0.4 is 0 Å².